The number of hydrogen-bond donors (Lipinski definition) is 1. The lowest BCUT2D eigenvalue weighted by Crippen LogP contribution is -2.30. The van der Waals surface area contributed by atoms with Gasteiger partial charge in [0.1, 0.15) is 5.70 Å². The van der Waals surface area contributed by atoms with Crippen molar-refractivity contribution in [2.45, 2.75) is 13.5 Å². The lowest BCUT2D eigenvalue weighted by Gasteiger charge is -2.13. The molecule has 0 aliphatic carbocycles. The van der Waals surface area contributed by atoms with Gasteiger partial charge in [-0.25, -0.2) is 9.59 Å². The molecule has 0 aromatic heterocycles. The summed E-state index contributed by atoms with van der Waals surface area (Å²) in [5.74, 6) is -0.596. The Hall–Kier alpha value is -3.52. The number of nitrogens with one attached hydrogen (secondary N) is 1. The zero-order valence-electron chi connectivity index (χ0n) is 17.2. The molecule has 0 atom stereocenters. The van der Waals surface area contributed by atoms with E-state index in [2.05, 4.69) is 10.1 Å². The Morgan fingerprint density at radius 1 is 1.19 bits per heavy atom. The second-order valence-corrected chi connectivity index (χ2v) is 7.17. The summed E-state index contributed by atoms with van der Waals surface area (Å²) in [4.78, 5) is 37.5. The van der Waals surface area contributed by atoms with Gasteiger partial charge in [-0.1, -0.05) is 41.4 Å². The van der Waals surface area contributed by atoms with Crippen LogP contribution in [0.4, 0.5) is 4.79 Å². The van der Waals surface area contributed by atoms with Gasteiger partial charge in [0, 0.05) is 0 Å². The van der Waals surface area contributed by atoms with Crippen LogP contribution < -0.4 is 14.8 Å². The molecule has 0 saturated carbocycles. The van der Waals surface area contributed by atoms with Crippen molar-refractivity contribution in [3.63, 3.8) is 0 Å². The third-order valence-corrected chi connectivity index (χ3v) is 4.79. The van der Waals surface area contributed by atoms with Crippen molar-refractivity contribution in [2.75, 3.05) is 20.8 Å². The van der Waals surface area contributed by atoms with Gasteiger partial charge >= 0.3 is 12.0 Å². The standard InChI is InChI=1S/C22H21ClN2O6/c1-13-5-4-6-14(7-13)11-25-21(27)17(24-22(25)28)9-15-8-16(23)20(18(10-15)29-2)31-12-19(26)30-3/h4-10H,11-12H2,1-3H3,(H,24,28)/b17-9+. The molecular weight excluding hydrogens is 424 g/mol. The minimum Gasteiger partial charge on any atom is -0.493 e. The molecule has 0 spiro atoms. The molecule has 3 amide bonds. The molecule has 2 aromatic carbocycles. The van der Waals surface area contributed by atoms with E-state index in [-0.39, 0.29) is 35.4 Å². The molecule has 1 saturated heterocycles. The lowest BCUT2D eigenvalue weighted by atomic mass is 10.1. The van der Waals surface area contributed by atoms with Crippen molar-refractivity contribution in [1.82, 2.24) is 10.2 Å². The third-order valence-electron chi connectivity index (χ3n) is 4.51. The summed E-state index contributed by atoms with van der Waals surface area (Å²) in [6.45, 7) is 1.76. The first kappa shape index (κ1) is 22.2. The van der Waals surface area contributed by atoms with E-state index in [0.717, 1.165) is 16.0 Å². The number of nitrogens with zero attached hydrogens (tertiary/aromatic N) is 1. The van der Waals surface area contributed by atoms with Crippen LogP contribution >= 0.6 is 11.6 Å². The van der Waals surface area contributed by atoms with E-state index in [1.54, 1.807) is 6.07 Å². The molecule has 3 rings (SSSR count). The second-order valence-electron chi connectivity index (χ2n) is 6.77. The molecule has 2 aromatic rings. The van der Waals surface area contributed by atoms with E-state index in [9.17, 15) is 14.4 Å². The molecular formula is C22H21ClN2O6. The Labute approximate surface area is 184 Å². The van der Waals surface area contributed by atoms with Crippen LogP contribution in [-0.4, -0.2) is 43.6 Å². The number of hydrogen-bond acceptors (Lipinski definition) is 6. The first-order valence-electron chi connectivity index (χ1n) is 9.29. The Balaban J connectivity index is 1.82. The van der Waals surface area contributed by atoms with Crippen LogP contribution in [0.25, 0.3) is 6.08 Å². The van der Waals surface area contributed by atoms with E-state index in [4.69, 9.17) is 21.1 Å². The highest BCUT2D eigenvalue weighted by atomic mass is 35.5. The molecule has 1 aliphatic rings. The maximum absolute atomic E-state index is 12.8. The van der Waals surface area contributed by atoms with Crippen molar-refractivity contribution in [3.8, 4) is 11.5 Å². The number of urea groups is 1. The first-order valence-corrected chi connectivity index (χ1v) is 9.67. The Morgan fingerprint density at radius 3 is 2.65 bits per heavy atom. The number of imide groups is 1. The quantitative estimate of drug-likeness (QED) is 0.400. The summed E-state index contributed by atoms with van der Waals surface area (Å²) in [5.41, 5.74) is 2.51. The summed E-state index contributed by atoms with van der Waals surface area (Å²) in [7, 11) is 2.66. The predicted octanol–water partition coefficient (Wildman–Crippen LogP) is 3.30. The van der Waals surface area contributed by atoms with E-state index in [1.807, 2.05) is 31.2 Å². The highest BCUT2D eigenvalue weighted by Gasteiger charge is 2.33. The number of halogens is 1. The number of benzene rings is 2. The molecule has 0 bridgehead atoms. The van der Waals surface area contributed by atoms with Crippen LogP contribution in [0.3, 0.4) is 0 Å². The van der Waals surface area contributed by atoms with E-state index in [0.29, 0.717) is 5.56 Å². The van der Waals surface area contributed by atoms with Gasteiger partial charge < -0.3 is 19.5 Å². The van der Waals surface area contributed by atoms with Crippen molar-refractivity contribution in [2.24, 2.45) is 0 Å². The number of amides is 3. The fourth-order valence-electron chi connectivity index (χ4n) is 3.03. The zero-order chi connectivity index (χ0) is 22.5. The first-order chi connectivity index (χ1) is 14.8. The van der Waals surface area contributed by atoms with Gasteiger partial charge in [-0.2, -0.15) is 0 Å². The molecule has 0 radical (unpaired) electrons. The molecule has 8 nitrogen and oxygen atoms in total. The second kappa shape index (κ2) is 9.53. The van der Waals surface area contributed by atoms with Crippen molar-refractivity contribution < 1.29 is 28.6 Å². The summed E-state index contributed by atoms with van der Waals surface area (Å²) in [6, 6.07) is 10.2. The highest BCUT2D eigenvalue weighted by molar-refractivity contribution is 6.32. The van der Waals surface area contributed by atoms with Gasteiger partial charge in [0.05, 0.1) is 25.8 Å². The average Bonchev–Trinajstić information content (AvgIpc) is 2.99. The van der Waals surface area contributed by atoms with Gasteiger partial charge in [-0.05, 0) is 36.3 Å². The minimum absolute atomic E-state index is 0.110. The molecule has 1 aliphatic heterocycles. The highest BCUT2D eigenvalue weighted by Crippen LogP contribution is 2.37. The number of rotatable bonds is 7. The number of carbonyl (C=O) groups excluding carboxylic acids is 3. The van der Waals surface area contributed by atoms with Crippen LogP contribution in [0.5, 0.6) is 11.5 Å². The van der Waals surface area contributed by atoms with Gasteiger partial charge in [-0.3, -0.25) is 9.69 Å². The number of esters is 1. The largest absolute Gasteiger partial charge is 0.493 e. The van der Waals surface area contributed by atoms with E-state index >= 15 is 0 Å². The number of ether oxygens (including phenoxy) is 3. The Bertz CT molecular complexity index is 1070. The molecule has 9 heteroatoms. The summed E-state index contributed by atoms with van der Waals surface area (Å²) in [5, 5.41) is 2.75. The average molecular weight is 445 g/mol. The molecule has 1 N–H and O–H groups in total. The molecule has 31 heavy (non-hydrogen) atoms. The smallest absolute Gasteiger partial charge is 0.343 e. The maximum Gasteiger partial charge on any atom is 0.343 e. The van der Waals surface area contributed by atoms with E-state index in [1.165, 1.54) is 26.4 Å². The van der Waals surface area contributed by atoms with Crippen LogP contribution in [0.2, 0.25) is 5.02 Å². The van der Waals surface area contributed by atoms with Crippen molar-refractivity contribution in [3.05, 3.63) is 63.8 Å². The monoisotopic (exact) mass is 444 g/mol. The maximum atomic E-state index is 12.8. The summed E-state index contributed by atoms with van der Waals surface area (Å²) >= 11 is 6.27. The van der Waals surface area contributed by atoms with E-state index < -0.39 is 17.9 Å². The predicted molar refractivity (Wildman–Crippen MR) is 114 cm³/mol. The molecule has 1 heterocycles. The van der Waals surface area contributed by atoms with Crippen LogP contribution in [0.15, 0.2) is 42.1 Å². The number of carbonyl (C=O) groups is 3. The Morgan fingerprint density at radius 2 is 1.97 bits per heavy atom. The fourth-order valence-corrected chi connectivity index (χ4v) is 3.30. The lowest BCUT2D eigenvalue weighted by molar-refractivity contribution is -0.142. The van der Waals surface area contributed by atoms with Crippen molar-refractivity contribution >= 4 is 35.6 Å². The van der Waals surface area contributed by atoms with Gasteiger partial charge in [0.15, 0.2) is 18.1 Å². The van der Waals surface area contributed by atoms with Crippen LogP contribution in [0, 0.1) is 6.92 Å². The number of methoxy groups -OCH3 is 2. The summed E-state index contributed by atoms with van der Waals surface area (Å²) in [6.07, 6.45) is 1.50. The normalized spacial score (nSPS) is 14.6. The van der Waals surface area contributed by atoms with Gasteiger partial charge in [0.2, 0.25) is 0 Å². The van der Waals surface area contributed by atoms with Crippen molar-refractivity contribution in [1.29, 1.82) is 0 Å². The third kappa shape index (κ3) is 5.16. The number of aryl methyl sites for hydroxylation is 1. The van der Waals surface area contributed by atoms with Gasteiger partial charge in [0.25, 0.3) is 5.91 Å². The van der Waals surface area contributed by atoms with Gasteiger partial charge in [-0.15, -0.1) is 0 Å². The minimum atomic E-state index is -0.572. The molecule has 0 unspecified atom stereocenters. The van der Waals surface area contributed by atoms with Crippen LogP contribution in [-0.2, 0) is 20.9 Å². The Kier molecular flexibility index (Phi) is 6.81. The van der Waals surface area contributed by atoms with Crippen LogP contribution in [0.1, 0.15) is 16.7 Å². The fraction of sp³-hybridized carbons (Fsp3) is 0.227. The SMILES string of the molecule is COC(=O)COc1c(Cl)cc(/C=C2/NC(=O)N(Cc3cccc(C)c3)C2=O)cc1OC. The summed E-state index contributed by atoms with van der Waals surface area (Å²) < 4.78 is 15.2. The zero-order valence-corrected chi connectivity index (χ0v) is 18.0. The molecule has 1 fully saturated rings. The topological polar surface area (TPSA) is 94.2 Å². The molecule has 162 valence electrons.